The molecular weight excluding hydrogens is 280 g/mol. The van der Waals surface area contributed by atoms with Crippen molar-refractivity contribution < 1.29 is 4.79 Å². The molecule has 21 heavy (non-hydrogen) atoms. The third-order valence-corrected chi connectivity index (χ3v) is 5.10. The van der Waals surface area contributed by atoms with Crippen molar-refractivity contribution in [3.63, 3.8) is 0 Å². The van der Waals surface area contributed by atoms with Gasteiger partial charge in [-0.15, -0.1) is 0 Å². The highest BCUT2D eigenvalue weighted by atomic mass is 32.2. The van der Waals surface area contributed by atoms with Crippen molar-refractivity contribution in [2.45, 2.75) is 44.9 Å². The second-order valence-corrected chi connectivity index (χ2v) is 8.30. The SMILES string of the molecule is CC(C)Nc1ccccc1C(=O)N1CCSC(C)(C)CC1. The first-order valence-electron chi connectivity index (χ1n) is 7.68. The van der Waals surface area contributed by atoms with Gasteiger partial charge >= 0.3 is 0 Å². The van der Waals surface area contributed by atoms with Gasteiger partial charge in [-0.1, -0.05) is 26.0 Å². The zero-order chi connectivity index (χ0) is 15.5. The lowest BCUT2D eigenvalue weighted by Crippen LogP contribution is -2.34. The molecule has 0 radical (unpaired) electrons. The van der Waals surface area contributed by atoms with E-state index < -0.39 is 0 Å². The molecule has 0 unspecified atom stereocenters. The van der Waals surface area contributed by atoms with Crippen LogP contribution in [0, 0.1) is 0 Å². The third-order valence-electron chi connectivity index (χ3n) is 3.73. The van der Waals surface area contributed by atoms with Crippen molar-refractivity contribution in [2.75, 3.05) is 24.2 Å². The van der Waals surface area contributed by atoms with Crippen molar-refractivity contribution in [3.05, 3.63) is 29.8 Å². The summed E-state index contributed by atoms with van der Waals surface area (Å²) in [6, 6.07) is 8.15. The van der Waals surface area contributed by atoms with E-state index in [-0.39, 0.29) is 10.7 Å². The standard InChI is InChI=1S/C17H26N2OS/c1-13(2)18-15-8-6-5-7-14(15)16(20)19-10-9-17(3,4)21-12-11-19/h5-8,13,18H,9-12H2,1-4H3. The van der Waals surface area contributed by atoms with E-state index in [0.717, 1.165) is 36.5 Å². The summed E-state index contributed by atoms with van der Waals surface area (Å²) in [6.45, 7) is 10.4. The molecule has 3 nitrogen and oxygen atoms in total. The van der Waals surface area contributed by atoms with Crippen LogP contribution in [0.2, 0.25) is 0 Å². The van der Waals surface area contributed by atoms with E-state index in [9.17, 15) is 4.79 Å². The van der Waals surface area contributed by atoms with Crippen LogP contribution in [0.25, 0.3) is 0 Å². The highest BCUT2D eigenvalue weighted by Gasteiger charge is 2.27. The third kappa shape index (κ3) is 4.40. The summed E-state index contributed by atoms with van der Waals surface area (Å²) in [5.74, 6) is 1.16. The van der Waals surface area contributed by atoms with Gasteiger partial charge in [0, 0.05) is 35.3 Å². The van der Waals surface area contributed by atoms with Crippen LogP contribution < -0.4 is 5.32 Å². The van der Waals surface area contributed by atoms with Crippen LogP contribution in [-0.2, 0) is 0 Å². The van der Waals surface area contributed by atoms with E-state index in [1.165, 1.54) is 0 Å². The smallest absolute Gasteiger partial charge is 0.255 e. The van der Waals surface area contributed by atoms with E-state index in [0.29, 0.717) is 6.04 Å². The van der Waals surface area contributed by atoms with Crippen LogP contribution in [0.5, 0.6) is 0 Å². The van der Waals surface area contributed by atoms with Gasteiger partial charge in [-0.2, -0.15) is 11.8 Å². The quantitative estimate of drug-likeness (QED) is 0.920. The average Bonchev–Trinajstić information content (AvgIpc) is 2.59. The summed E-state index contributed by atoms with van der Waals surface area (Å²) in [5.41, 5.74) is 1.73. The maximum absolute atomic E-state index is 12.8. The molecule has 1 aromatic carbocycles. The number of rotatable bonds is 3. The fourth-order valence-electron chi connectivity index (χ4n) is 2.50. The molecule has 0 spiro atoms. The maximum Gasteiger partial charge on any atom is 0.255 e. The molecule has 1 aromatic rings. The molecule has 4 heteroatoms. The van der Waals surface area contributed by atoms with E-state index in [1.807, 2.05) is 40.9 Å². The highest BCUT2D eigenvalue weighted by molar-refractivity contribution is 8.00. The van der Waals surface area contributed by atoms with Gasteiger partial charge in [0.15, 0.2) is 0 Å². The van der Waals surface area contributed by atoms with Crippen LogP contribution in [0.15, 0.2) is 24.3 Å². The zero-order valence-electron chi connectivity index (χ0n) is 13.5. The van der Waals surface area contributed by atoms with Crippen molar-refractivity contribution in [2.24, 2.45) is 0 Å². The van der Waals surface area contributed by atoms with Gasteiger partial charge in [-0.05, 0) is 32.4 Å². The van der Waals surface area contributed by atoms with Gasteiger partial charge in [0.1, 0.15) is 0 Å². The molecule has 1 aliphatic heterocycles. The second kappa shape index (κ2) is 6.73. The largest absolute Gasteiger partial charge is 0.382 e. The van der Waals surface area contributed by atoms with E-state index >= 15 is 0 Å². The molecule has 0 aliphatic carbocycles. The second-order valence-electron chi connectivity index (χ2n) is 6.49. The van der Waals surface area contributed by atoms with Crippen molar-refractivity contribution in [1.82, 2.24) is 4.90 Å². The number of para-hydroxylation sites is 1. The van der Waals surface area contributed by atoms with Crippen molar-refractivity contribution >= 4 is 23.4 Å². The van der Waals surface area contributed by atoms with Gasteiger partial charge in [-0.3, -0.25) is 4.79 Å². The number of amides is 1. The van der Waals surface area contributed by atoms with E-state index in [4.69, 9.17) is 0 Å². The lowest BCUT2D eigenvalue weighted by molar-refractivity contribution is 0.0765. The van der Waals surface area contributed by atoms with E-state index in [2.05, 4.69) is 33.0 Å². The minimum absolute atomic E-state index is 0.150. The Labute approximate surface area is 132 Å². The fourth-order valence-corrected chi connectivity index (χ4v) is 3.60. The fraction of sp³-hybridized carbons (Fsp3) is 0.588. The number of benzene rings is 1. The monoisotopic (exact) mass is 306 g/mol. The average molecular weight is 306 g/mol. The first kappa shape index (κ1) is 16.2. The summed E-state index contributed by atoms with van der Waals surface area (Å²) in [6.07, 6.45) is 1.04. The molecule has 0 aromatic heterocycles. The molecule has 2 rings (SSSR count). The number of thioether (sulfide) groups is 1. The number of nitrogens with zero attached hydrogens (tertiary/aromatic N) is 1. The van der Waals surface area contributed by atoms with Crippen LogP contribution >= 0.6 is 11.8 Å². The first-order chi connectivity index (χ1) is 9.89. The molecule has 1 saturated heterocycles. The van der Waals surface area contributed by atoms with Gasteiger partial charge in [0.05, 0.1) is 5.56 Å². The molecule has 1 N–H and O–H groups in total. The number of carbonyl (C=O) groups excluding carboxylic acids is 1. The van der Waals surface area contributed by atoms with Gasteiger partial charge in [0.2, 0.25) is 0 Å². The Hall–Kier alpha value is -1.16. The van der Waals surface area contributed by atoms with Crippen LogP contribution in [0.1, 0.15) is 44.5 Å². The summed E-state index contributed by atoms with van der Waals surface area (Å²) < 4.78 is 0.269. The highest BCUT2D eigenvalue weighted by Crippen LogP contribution is 2.31. The Morgan fingerprint density at radius 2 is 2.00 bits per heavy atom. The Balaban J connectivity index is 2.16. The van der Waals surface area contributed by atoms with Crippen molar-refractivity contribution in [3.8, 4) is 0 Å². The minimum atomic E-state index is 0.150. The molecule has 0 saturated carbocycles. The first-order valence-corrected chi connectivity index (χ1v) is 8.66. The molecule has 116 valence electrons. The van der Waals surface area contributed by atoms with E-state index in [1.54, 1.807) is 0 Å². The number of hydrogen-bond acceptors (Lipinski definition) is 3. The predicted octanol–water partition coefficient (Wildman–Crippen LogP) is 3.86. The van der Waals surface area contributed by atoms with Crippen LogP contribution in [0.3, 0.4) is 0 Å². The number of hydrogen-bond donors (Lipinski definition) is 1. The zero-order valence-corrected chi connectivity index (χ0v) is 14.3. The Bertz CT molecular complexity index is 499. The molecule has 1 aliphatic rings. The molecule has 0 atom stereocenters. The summed E-state index contributed by atoms with van der Waals surface area (Å²) in [5, 5.41) is 3.37. The lowest BCUT2D eigenvalue weighted by Gasteiger charge is -2.24. The summed E-state index contributed by atoms with van der Waals surface area (Å²) >= 11 is 1.96. The van der Waals surface area contributed by atoms with Crippen LogP contribution in [0.4, 0.5) is 5.69 Å². The topological polar surface area (TPSA) is 32.3 Å². The Morgan fingerprint density at radius 3 is 2.71 bits per heavy atom. The Morgan fingerprint density at radius 1 is 1.29 bits per heavy atom. The molecule has 1 heterocycles. The maximum atomic E-state index is 12.8. The Kier molecular flexibility index (Phi) is 5.20. The lowest BCUT2D eigenvalue weighted by atomic mass is 10.1. The summed E-state index contributed by atoms with van der Waals surface area (Å²) in [4.78, 5) is 14.8. The molecule has 0 bridgehead atoms. The normalized spacial score (nSPS) is 18.4. The van der Waals surface area contributed by atoms with Gasteiger partial charge in [-0.25, -0.2) is 0 Å². The number of anilines is 1. The molecule has 1 amide bonds. The van der Waals surface area contributed by atoms with Crippen LogP contribution in [-0.4, -0.2) is 40.4 Å². The number of nitrogens with one attached hydrogen (secondary N) is 1. The van der Waals surface area contributed by atoms with Gasteiger partial charge in [0.25, 0.3) is 5.91 Å². The number of carbonyl (C=O) groups is 1. The van der Waals surface area contributed by atoms with Gasteiger partial charge < -0.3 is 10.2 Å². The molecule has 1 fully saturated rings. The molecular formula is C17H26N2OS. The minimum Gasteiger partial charge on any atom is -0.382 e. The predicted molar refractivity (Wildman–Crippen MR) is 92.3 cm³/mol. The van der Waals surface area contributed by atoms with Crippen molar-refractivity contribution in [1.29, 1.82) is 0 Å². The summed E-state index contributed by atoms with van der Waals surface area (Å²) in [7, 11) is 0.